The third kappa shape index (κ3) is 3.71. The van der Waals surface area contributed by atoms with E-state index in [1.165, 1.54) is 17.1 Å². The molecule has 0 spiro atoms. The van der Waals surface area contributed by atoms with Crippen LogP contribution in [-0.4, -0.2) is 32.5 Å². The van der Waals surface area contributed by atoms with E-state index in [0.29, 0.717) is 6.42 Å². The van der Waals surface area contributed by atoms with E-state index in [9.17, 15) is 17.6 Å². The van der Waals surface area contributed by atoms with Crippen LogP contribution in [0.25, 0.3) is 5.95 Å². The van der Waals surface area contributed by atoms with Crippen molar-refractivity contribution in [2.75, 3.05) is 11.9 Å². The molecule has 1 unspecified atom stereocenters. The number of hydrogen-bond acceptors (Lipinski definition) is 4. The zero-order valence-electron chi connectivity index (χ0n) is 12.0. The maximum atomic E-state index is 14.2. The van der Waals surface area contributed by atoms with Crippen LogP contribution < -0.4 is 5.32 Å². The van der Waals surface area contributed by atoms with E-state index in [0.717, 1.165) is 0 Å². The number of rotatable bonds is 5. The minimum atomic E-state index is -4.43. The van der Waals surface area contributed by atoms with Crippen molar-refractivity contribution in [1.29, 1.82) is 0 Å². The van der Waals surface area contributed by atoms with Crippen molar-refractivity contribution in [3.05, 3.63) is 30.0 Å². The summed E-state index contributed by atoms with van der Waals surface area (Å²) in [5, 5.41) is 6.00. The van der Waals surface area contributed by atoms with Crippen LogP contribution in [-0.2, 0) is 0 Å². The van der Waals surface area contributed by atoms with Gasteiger partial charge in [0.2, 0.25) is 5.95 Å². The van der Waals surface area contributed by atoms with Crippen LogP contribution in [0, 0.1) is 5.95 Å². The van der Waals surface area contributed by atoms with E-state index in [1.807, 2.05) is 0 Å². The first kappa shape index (κ1) is 16.2. The van der Waals surface area contributed by atoms with Crippen LogP contribution in [0.1, 0.15) is 31.7 Å². The first-order chi connectivity index (χ1) is 10.3. The van der Waals surface area contributed by atoms with E-state index < -0.39 is 18.7 Å². The monoisotopic (exact) mass is 317 g/mol. The maximum absolute atomic E-state index is 14.2. The minimum Gasteiger partial charge on any atom is -0.361 e. The lowest BCUT2D eigenvalue weighted by Gasteiger charge is -2.17. The molecule has 2 heterocycles. The van der Waals surface area contributed by atoms with Crippen molar-refractivity contribution >= 4 is 5.82 Å². The fourth-order valence-corrected chi connectivity index (χ4v) is 1.88. The van der Waals surface area contributed by atoms with Crippen LogP contribution in [0.5, 0.6) is 0 Å². The summed E-state index contributed by atoms with van der Waals surface area (Å²) >= 11 is 0. The highest BCUT2D eigenvalue weighted by Crippen LogP contribution is 2.29. The Balaban J connectivity index is 2.45. The summed E-state index contributed by atoms with van der Waals surface area (Å²) in [5.74, 6) is -1.45. The molecule has 1 atom stereocenters. The molecule has 0 saturated carbocycles. The Morgan fingerprint density at radius 2 is 2.05 bits per heavy atom. The quantitative estimate of drug-likeness (QED) is 0.679. The minimum absolute atomic E-state index is 0.0441. The van der Waals surface area contributed by atoms with Crippen molar-refractivity contribution in [3.63, 3.8) is 0 Å². The lowest BCUT2D eigenvalue weighted by molar-refractivity contribution is -0.115. The second kappa shape index (κ2) is 6.29. The van der Waals surface area contributed by atoms with Gasteiger partial charge in [-0.05, 0) is 18.4 Å². The highest BCUT2D eigenvalue weighted by molar-refractivity contribution is 5.47. The second-order valence-electron chi connectivity index (χ2n) is 4.81. The molecule has 0 aliphatic rings. The standard InChI is InChI=1S/C13H15F4N5/c1-3-8(2)9-10(14)20-12(22-6-4-5-19-22)21-11(9)18-7-13(15,16)17/h4-6,8H,3,7H2,1-2H3,(H,18,20,21). The molecule has 1 N–H and O–H groups in total. The number of halogens is 4. The van der Waals surface area contributed by atoms with Gasteiger partial charge in [-0.15, -0.1) is 0 Å². The Morgan fingerprint density at radius 3 is 2.59 bits per heavy atom. The molecule has 2 aromatic rings. The topological polar surface area (TPSA) is 55.6 Å². The molecule has 120 valence electrons. The summed E-state index contributed by atoms with van der Waals surface area (Å²) in [5.41, 5.74) is 0.0441. The van der Waals surface area contributed by atoms with Gasteiger partial charge >= 0.3 is 6.18 Å². The second-order valence-corrected chi connectivity index (χ2v) is 4.81. The highest BCUT2D eigenvalue weighted by atomic mass is 19.4. The molecule has 0 saturated heterocycles. The Labute approximate surface area is 124 Å². The largest absolute Gasteiger partial charge is 0.405 e. The summed E-state index contributed by atoms with van der Waals surface area (Å²) in [7, 11) is 0. The van der Waals surface area contributed by atoms with E-state index in [2.05, 4.69) is 20.4 Å². The SMILES string of the molecule is CCC(C)c1c(F)nc(-n2cccn2)nc1NCC(F)(F)F. The Morgan fingerprint density at radius 1 is 1.32 bits per heavy atom. The summed E-state index contributed by atoms with van der Waals surface area (Å²) in [6.45, 7) is 2.21. The van der Waals surface area contributed by atoms with E-state index in [-0.39, 0.29) is 23.2 Å². The normalized spacial score (nSPS) is 13.2. The summed E-state index contributed by atoms with van der Waals surface area (Å²) < 4.78 is 52.7. The smallest absolute Gasteiger partial charge is 0.361 e. The molecule has 0 fully saturated rings. The molecule has 2 rings (SSSR count). The molecule has 0 radical (unpaired) electrons. The Kier molecular flexibility index (Phi) is 4.62. The molecule has 0 amide bonds. The summed E-state index contributed by atoms with van der Waals surface area (Å²) in [4.78, 5) is 7.68. The van der Waals surface area contributed by atoms with Gasteiger partial charge in [-0.3, -0.25) is 0 Å². The van der Waals surface area contributed by atoms with Crippen molar-refractivity contribution in [2.24, 2.45) is 0 Å². The first-order valence-corrected chi connectivity index (χ1v) is 6.70. The van der Waals surface area contributed by atoms with Crippen LogP contribution >= 0.6 is 0 Å². The number of anilines is 1. The molecular weight excluding hydrogens is 302 g/mol. The van der Waals surface area contributed by atoms with Crippen molar-refractivity contribution in [2.45, 2.75) is 32.4 Å². The van der Waals surface area contributed by atoms with Crippen LogP contribution in [0.3, 0.4) is 0 Å². The van der Waals surface area contributed by atoms with Crippen molar-refractivity contribution in [1.82, 2.24) is 19.7 Å². The summed E-state index contributed by atoms with van der Waals surface area (Å²) in [6.07, 6.45) is -0.972. The number of alkyl halides is 3. The van der Waals surface area contributed by atoms with Gasteiger partial charge in [0.05, 0.1) is 5.56 Å². The zero-order valence-corrected chi connectivity index (χ0v) is 12.0. The average Bonchev–Trinajstić information content (AvgIpc) is 2.97. The third-order valence-electron chi connectivity index (χ3n) is 3.16. The summed E-state index contributed by atoms with van der Waals surface area (Å²) in [6, 6.07) is 1.58. The molecular formula is C13H15F4N5. The van der Waals surface area contributed by atoms with Gasteiger partial charge in [-0.2, -0.15) is 32.6 Å². The van der Waals surface area contributed by atoms with Gasteiger partial charge in [0.25, 0.3) is 5.95 Å². The lowest BCUT2D eigenvalue weighted by Crippen LogP contribution is -2.24. The van der Waals surface area contributed by atoms with Crippen LogP contribution in [0.15, 0.2) is 18.5 Å². The molecule has 2 aromatic heterocycles. The van der Waals surface area contributed by atoms with Gasteiger partial charge in [0, 0.05) is 12.4 Å². The molecule has 0 aromatic carbocycles. The number of aromatic nitrogens is 4. The van der Waals surface area contributed by atoms with Gasteiger partial charge in [0.15, 0.2) is 0 Å². The van der Waals surface area contributed by atoms with Crippen LogP contribution in [0.4, 0.5) is 23.4 Å². The molecule has 5 nitrogen and oxygen atoms in total. The first-order valence-electron chi connectivity index (χ1n) is 6.70. The van der Waals surface area contributed by atoms with Gasteiger partial charge in [-0.1, -0.05) is 13.8 Å². The van der Waals surface area contributed by atoms with Gasteiger partial charge < -0.3 is 5.32 Å². The zero-order chi connectivity index (χ0) is 16.3. The van der Waals surface area contributed by atoms with E-state index >= 15 is 0 Å². The van der Waals surface area contributed by atoms with E-state index in [4.69, 9.17) is 0 Å². The third-order valence-corrected chi connectivity index (χ3v) is 3.16. The maximum Gasteiger partial charge on any atom is 0.405 e. The fourth-order valence-electron chi connectivity index (χ4n) is 1.88. The van der Waals surface area contributed by atoms with Gasteiger partial charge in [0.1, 0.15) is 12.4 Å². The fraction of sp³-hybridized carbons (Fsp3) is 0.462. The number of nitrogens with one attached hydrogen (secondary N) is 1. The number of nitrogens with zero attached hydrogens (tertiary/aromatic N) is 4. The molecule has 0 bridgehead atoms. The Bertz CT molecular complexity index is 624. The van der Waals surface area contributed by atoms with Crippen molar-refractivity contribution in [3.8, 4) is 5.95 Å². The average molecular weight is 317 g/mol. The molecule has 0 aliphatic heterocycles. The predicted octanol–water partition coefficient (Wildman–Crippen LogP) is 3.29. The van der Waals surface area contributed by atoms with Crippen molar-refractivity contribution < 1.29 is 17.6 Å². The van der Waals surface area contributed by atoms with E-state index in [1.54, 1.807) is 19.9 Å². The van der Waals surface area contributed by atoms with Crippen LogP contribution in [0.2, 0.25) is 0 Å². The Hall–Kier alpha value is -2.19. The molecule has 22 heavy (non-hydrogen) atoms. The van der Waals surface area contributed by atoms with Gasteiger partial charge in [-0.25, -0.2) is 4.68 Å². The molecule has 9 heteroatoms. The lowest BCUT2D eigenvalue weighted by atomic mass is 10.0. The highest BCUT2D eigenvalue weighted by Gasteiger charge is 2.29. The number of hydrogen-bond donors (Lipinski definition) is 1. The predicted molar refractivity (Wildman–Crippen MR) is 72.4 cm³/mol. The molecule has 0 aliphatic carbocycles.